The average Bonchev–Trinajstić information content (AvgIpc) is 3.27. The lowest BCUT2D eigenvalue weighted by Gasteiger charge is -2.21. The van der Waals surface area contributed by atoms with Gasteiger partial charge in [0.15, 0.2) is 0 Å². The molecule has 4 heteroatoms. The van der Waals surface area contributed by atoms with Gasteiger partial charge in [0.2, 0.25) is 0 Å². The summed E-state index contributed by atoms with van der Waals surface area (Å²) in [5, 5.41) is 3.95. The molecule has 3 unspecified atom stereocenters. The minimum Gasteiger partial charge on any atom is -0.309 e. The third-order valence-corrected chi connectivity index (χ3v) is 5.39. The molecule has 4 fully saturated rings. The largest absolute Gasteiger partial charge is 0.309 e. The highest BCUT2D eigenvalue weighted by molar-refractivity contribution is 5.85. The summed E-state index contributed by atoms with van der Waals surface area (Å²) in [5.74, 6) is 0. The van der Waals surface area contributed by atoms with Crippen LogP contribution in [0.3, 0.4) is 0 Å². The van der Waals surface area contributed by atoms with Crippen LogP contribution in [-0.4, -0.2) is 59.6 Å². The molecule has 4 aliphatic rings. The summed E-state index contributed by atoms with van der Waals surface area (Å²) < 4.78 is 0. The molecule has 0 bridgehead atoms. The molecule has 4 rings (SSSR count). The Morgan fingerprint density at radius 1 is 0.895 bits per heavy atom. The van der Waals surface area contributed by atoms with Crippen LogP contribution in [0.25, 0.3) is 0 Å². The lowest BCUT2D eigenvalue weighted by molar-refractivity contribution is 0.253. The molecule has 0 aromatic carbocycles. The Kier molecular flexibility index (Phi) is 4.10. The van der Waals surface area contributed by atoms with Gasteiger partial charge in [0.25, 0.3) is 0 Å². The predicted octanol–water partition coefficient (Wildman–Crippen LogP) is 1.86. The van der Waals surface area contributed by atoms with Crippen LogP contribution in [0.1, 0.15) is 45.4 Å². The highest BCUT2D eigenvalue weighted by Crippen LogP contribution is 2.34. The molecule has 0 aromatic rings. The topological polar surface area (TPSA) is 18.5 Å². The fourth-order valence-electron chi connectivity index (χ4n) is 4.12. The molecule has 2 saturated heterocycles. The number of rotatable bonds is 4. The van der Waals surface area contributed by atoms with Gasteiger partial charge in [-0.25, -0.2) is 0 Å². The van der Waals surface area contributed by atoms with Gasteiger partial charge < -0.3 is 5.32 Å². The second-order valence-electron chi connectivity index (χ2n) is 7.09. The van der Waals surface area contributed by atoms with Crippen LogP contribution < -0.4 is 5.32 Å². The van der Waals surface area contributed by atoms with Crippen LogP contribution in [-0.2, 0) is 0 Å². The van der Waals surface area contributed by atoms with E-state index in [1.807, 2.05) is 0 Å². The van der Waals surface area contributed by atoms with Crippen LogP contribution in [0, 0.1) is 0 Å². The van der Waals surface area contributed by atoms with Gasteiger partial charge in [-0.05, 0) is 45.4 Å². The minimum atomic E-state index is 0. The maximum atomic E-state index is 3.95. The Hall–Kier alpha value is 0.170. The molecule has 3 atom stereocenters. The van der Waals surface area contributed by atoms with Gasteiger partial charge >= 0.3 is 0 Å². The van der Waals surface area contributed by atoms with Gasteiger partial charge in [-0.2, -0.15) is 0 Å². The third kappa shape index (κ3) is 3.10. The van der Waals surface area contributed by atoms with E-state index in [1.54, 1.807) is 0 Å². The van der Waals surface area contributed by atoms with Crippen molar-refractivity contribution < 1.29 is 0 Å². The summed E-state index contributed by atoms with van der Waals surface area (Å²) in [4.78, 5) is 5.47. The Bertz CT molecular complexity index is 317. The number of nitrogens with one attached hydrogen (secondary N) is 1. The van der Waals surface area contributed by atoms with Gasteiger partial charge in [-0.15, -0.1) is 12.4 Å². The first kappa shape index (κ1) is 14.1. The molecular weight excluding hydrogens is 258 g/mol. The zero-order valence-electron chi connectivity index (χ0n) is 12.1. The Morgan fingerprint density at radius 3 is 2.32 bits per heavy atom. The molecule has 0 radical (unpaired) electrons. The second kappa shape index (κ2) is 5.51. The highest BCUT2D eigenvalue weighted by atomic mass is 35.5. The van der Waals surface area contributed by atoms with Crippen LogP contribution in [0.2, 0.25) is 0 Å². The molecule has 0 amide bonds. The van der Waals surface area contributed by atoms with E-state index in [-0.39, 0.29) is 12.4 Å². The van der Waals surface area contributed by atoms with Crippen molar-refractivity contribution >= 4 is 12.4 Å². The van der Waals surface area contributed by atoms with E-state index in [4.69, 9.17) is 0 Å². The molecule has 110 valence electrons. The molecule has 1 N–H and O–H groups in total. The van der Waals surface area contributed by atoms with Crippen LogP contribution in [0.5, 0.6) is 0 Å². The van der Waals surface area contributed by atoms with Gasteiger partial charge in [0.1, 0.15) is 0 Å². The van der Waals surface area contributed by atoms with Crippen molar-refractivity contribution in [2.45, 2.75) is 75.7 Å². The Morgan fingerprint density at radius 2 is 1.63 bits per heavy atom. The van der Waals surface area contributed by atoms with Gasteiger partial charge in [0.05, 0.1) is 0 Å². The maximum absolute atomic E-state index is 3.95. The normalized spacial score (nSPS) is 40.6. The van der Waals surface area contributed by atoms with E-state index >= 15 is 0 Å². The summed E-state index contributed by atoms with van der Waals surface area (Å²) in [6.45, 7) is 6.40. The van der Waals surface area contributed by atoms with E-state index in [0.29, 0.717) is 0 Å². The quantitative estimate of drug-likeness (QED) is 0.851. The van der Waals surface area contributed by atoms with Crippen LogP contribution in [0.15, 0.2) is 0 Å². The first-order valence-electron chi connectivity index (χ1n) is 8.05. The van der Waals surface area contributed by atoms with Crippen LogP contribution in [0.4, 0.5) is 0 Å². The fraction of sp³-hybridized carbons (Fsp3) is 1.00. The van der Waals surface area contributed by atoms with Crippen molar-refractivity contribution in [1.29, 1.82) is 0 Å². The van der Waals surface area contributed by atoms with E-state index in [1.165, 1.54) is 58.2 Å². The zero-order valence-corrected chi connectivity index (χ0v) is 12.9. The minimum absolute atomic E-state index is 0. The highest BCUT2D eigenvalue weighted by Gasteiger charge is 2.40. The molecule has 2 heterocycles. The number of nitrogens with zero attached hydrogens (tertiary/aromatic N) is 2. The lowest BCUT2D eigenvalue weighted by atomic mass is 10.1. The average molecular weight is 286 g/mol. The van der Waals surface area contributed by atoms with Gasteiger partial charge in [-0.3, -0.25) is 9.80 Å². The summed E-state index contributed by atoms with van der Waals surface area (Å²) in [6, 6.07) is 4.27. The number of halogens is 1. The van der Waals surface area contributed by atoms with Crippen molar-refractivity contribution in [2.75, 3.05) is 19.6 Å². The molecule has 3 nitrogen and oxygen atoms in total. The molecule has 2 aliphatic carbocycles. The fourth-order valence-corrected chi connectivity index (χ4v) is 4.12. The molecule has 0 spiro atoms. The number of hydrogen-bond donors (Lipinski definition) is 1. The number of likely N-dealkylation sites (tertiary alicyclic amines) is 2. The molecule has 2 saturated carbocycles. The zero-order chi connectivity index (χ0) is 12.1. The summed E-state index contributed by atoms with van der Waals surface area (Å²) >= 11 is 0. The SMILES string of the molecule is CC1CC(NC2CCN(C3CC3)C2)CN1C1CC1.Cl. The van der Waals surface area contributed by atoms with E-state index in [9.17, 15) is 0 Å². The molecule has 0 aromatic heterocycles. The smallest absolute Gasteiger partial charge is 0.0213 e. The standard InChI is InChI=1S/C15H27N3.ClH/c1-11-8-13(10-18(11)15-4-5-15)16-12-6-7-17(9-12)14-2-3-14;/h11-16H,2-10H2,1H3;1H. The van der Waals surface area contributed by atoms with Crippen molar-refractivity contribution in [3.63, 3.8) is 0 Å². The predicted molar refractivity (Wildman–Crippen MR) is 81.0 cm³/mol. The first-order valence-corrected chi connectivity index (χ1v) is 8.05. The molecule has 19 heavy (non-hydrogen) atoms. The van der Waals surface area contributed by atoms with Crippen molar-refractivity contribution in [3.05, 3.63) is 0 Å². The van der Waals surface area contributed by atoms with E-state index in [0.717, 1.165) is 30.2 Å². The summed E-state index contributed by atoms with van der Waals surface area (Å²) in [6.07, 6.45) is 8.58. The van der Waals surface area contributed by atoms with E-state index in [2.05, 4.69) is 22.0 Å². The van der Waals surface area contributed by atoms with Crippen molar-refractivity contribution in [1.82, 2.24) is 15.1 Å². The molecular formula is C15H28ClN3. The Labute approximate surface area is 123 Å². The molecule has 2 aliphatic heterocycles. The van der Waals surface area contributed by atoms with Gasteiger partial charge in [-0.1, -0.05) is 0 Å². The van der Waals surface area contributed by atoms with Crippen molar-refractivity contribution in [3.8, 4) is 0 Å². The first-order chi connectivity index (χ1) is 8.79. The van der Waals surface area contributed by atoms with Gasteiger partial charge in [0, 0.05) is 49.8 Å². The summed E-state index contributed by atoms with van der Waals surface area (Å²) in [5.41, 5.74) is 0. The second-order valence-corrected chi connectivity index (χ2v) is 7.09. The Balaban J connectivity index is 0.00000110. The monoisotopic (exact) mass is 285 g/mol. The third-order valence-electron chi connectivity index (χ3n) is 5.39. The van der Waals surface area contributed by atoms with E-state index < -0.39 is 0 Å². The number of hydrogen-bond acceptors (Lipinski definition) is 3. The lowest BCUT2D eigenvalue weighted by Crippen LogP contribution is -2.42. The van der Waals surface area contributed by atoms with Crippen LogP contribution >= 0.6 is 12.4 Å². The maximum Gasteiger partial charge on any atom is 0.0213 e. The van der Waals surface area contributed by atoms with Crippen molar-refractivity contribution in [2.24, 2.45) is 0 Å². The summed E-state index contributed by atoms with van der Waals surface area (Å²) in [7, 11) is 0.